The number of hydrogen-bond acceptors (Lipinski definition) is 4. The first kappa shape index (κ1) is 23.7. The van der Waals surface area contributed by atoms with Crippen molar-refractivity contribution in [3.05, 3.63) is 99.3 Å². The minimum atomic E-state index is -0.0921. The Hall–Kier alpha value is -2.44. The fraction of sp³-hybridized carbons (Fsp3) is 0.308. The Bertz CT molecular complexity index is 1070. The maximum Gasteiger partial charge on any atom is 0.255 e. The number of carbonyl (C=O) groups excluding carboxylic acids is 1. The van der Waals surface area contributed by atoms with Gasteiger partial charge in [-0.15, -0.1) is 0 Å². The molecule has 0 saturated carbocycles. The van der Waals surface area contributed by atoms with E-state index in [1.165, 1.54) is 11.8 Å². The first-order valence-electron chi connectivity index (χ1n) is 11.0. The monoisotopic (exact) mass is 483 g/mol. The Morgan fingerprint density at radius 1 is 1.03 bits per heavy atom. The highest BCUT2D eigenvalue weighted by Crippen LogP contribution is 2.24. The van der Waals surface area contributed by atoms with E-state index in [1.807, 2.05) is 29.2 Å². The Kier molecular flexibility index (Phi) is 7.99. The number of aryl methyl sites for hydroxylation is 1. The maximum atomic E-state index is 12.8. The normalized spacial score (nSPS) is 15.4. The van der Waals surface area contributed by atoms with Crippen LogP contribution in [0.3, 0.4) is 0 Å². The predicted octanol–water partition coefficient (Wildman–Crippen LogP) is 5.41. The Balaban J connectivity index is 1.38. The highest BCUT2D eigenvalue weighted by molar-refractivity contribution is 6.30. The predicted molar refractivity (Wildman–Crippen MR) is 132 cm³/mol. The fourth-order valence-electron chi connectivity index (χ4n) is 3.98. The zero-order chi connectivity index (χ0) is 23.2. The van der Waals surface area contributed by atoms with E-state index < -0.39 is 0 Å². The lowest BCUT2D eigenvalue weighted by atomic mass is 10.1. The molecular formula is C26H27Cl2N3O2. The largest absolute Gasteiger partial charge is 0.368 e. The average molecular weight is 484 g/mol. The van der Waals surface area contributed by atoms with Gasteiger partial charge in [0.15, 0.2) is 0 Å². The minimum Gasteiger partial charge on any atom is -0.368 e. The van der Waals surface area contributed by atoms with Crippen LogP contribution in [0.4, 0.5) is 0 Å². The van der Waals surface area contributed by atoms with E-state index in [0.717, 1.165) is 30.8 Å². The molecule has 1 atom stereocenters. The number of rotatable bonds is 7. The first-order valence-corrected chi connectivity index (χ1v) is 11.8. The van der Waals surface area contributed by atoms with Gasteiger partial charge in [-0.3, -0.25) is 9.69 Å². The van der Waals surface area contributed by atoms with E-state index >= 15 is 0 Å². The van der Waals surface area contributed by atoms with Crippen LogP contribution in [0.1, 0.15) is 33.2 Å². The van der Waals surface area contributed by atoms with Crippen LogP contribution in [-0.4, -0.2) is 53.4 Å². The number of ether oxygens (including phenoxy) is 1. The highest BCUT2D eigenvalue weighted by atomic mass is 35.5. The van der Waals surface area contributed by atoms with E-state index in [1.54, 1.807) is 12.1 Å². The van der Waals surface area contributed by atoms with Crippen molar-refractivity contribution in [3.8, 4) is 0 Å². The number of carbonyl (C=O) groups is 1. The average Bonchev–Trinajstić information content (AvgIpc) is 2.83. The lowest BCUT2D eigenvalue weighted by molar-refractivity contribution is 0.00341. The van der Waals surface area contributed by atoms with Crippen molar-refractivity contribution in [1.29, 1.82) is 0 Å². The Morgan fingerprint density at radius 3 is 2.45 bits per heavy atom. The molecule has 1 aliphatic rings. The molecule has 0 N–H and O–H groups in total. The number of piperazine rings is 1. The number of amides is 1. The zero-order valence-electron chi connectivity index (χ0n) is 18.6. The summed E-state index contributed by atoms with van der Waals surface area (Å²) in [6.45, 7) is 6.25. The first-order chi connectivity index (χ1) is 16.0. The summed E-state index contributed by atoms with van der Waals surface area (Å²) in [5, 5.41) is 1.09. The van der Waals surface area contributed by atoms with Crippen molar-refractivity contribution < 1.29 is 9.53 Å². The van der Waals surface area contributed by atoms with Crippen LogP contribution in [0.5, 0.6) is 0 Å². The summed E-state index contributed by atoms with van der Waals surface area (Å²) < 4.78 is 6.38. The molecule has 33 heavy (non-hydrogen) atoms. The SMILES string of the molecule is Cc1cccc(CO[C@@H](CN2CCN(C(=O)c3ccc(Cl)nc3)CC2)c2ccc(Cl)cc2)c1. The third-order valence-electron chi connectivity index (χ3n) is 5.83. The summed E-state index contributed by atoms with van der Waals surface area (Å²) in [5.41, 5.74) is 4.03. The zero-order valence-corrected chi connectivity index (χ0v) is 20.1. The quantitative estimate of drug-likeness (QED) is 0.421. The molecule has 0 unspecified atom stereocenters. The summed E-state index contributed by atoms with van der Waals surface area (Å²) >= 11 is 11.9. The second-order valence-electron chi connectivity index (χ2n) is 8.30. The maximum absolute atomic E-state index is 12.8. The van der Waals surface area contributed by atoms with Crippen LogP contribution in [0.15, 0.2) is 66.9 Å². The van der Waals surface area contributed by atoms with E-state index in [9.17, 15) is 4.79 Å². The van der Waals surface area contributed by atoms with Crippen LogP contribution >= 0.6 is 23.2 Å². The summed E-state index contributed by atoms with van der Waals surface area (Å²) in [5.74, 6) is -0.0104. The number of hydrogen-bond donors (Lipinski definition) is 0. The number of nitrogens with zero attached hydrogens (tertiary/aromatic N) is 3. The molecule has 0 aliphatic carbocycles. The Labute approximate surface area is 204 Å². The molecule has 7 heteroatoms. The molecule has 0 spiro atoms. The molecule has 1 amide bonds. The minimum absolute atomic E-state index is 0.0104. The van der Waals surface area contributed by atoms with Gasteiger partial charge >= 0.3 is 0 Å². The van der Waals surface area contributed by atoms with Gasteiger partial charge in [0.1, 0.15) is 5.15 Å². The smallest absolute Gasteiger partial charge is 0.255 e. The Morgan fingerprint density at radius 2 is 1.79 bits per heavy atom. The van der Waals surface area contributed by atoms with Crippen molar-refractivity contribution >= 4 is 29.1 Å². The lowest BCUT2D eigenvalue weighted by Gasteiger charge is -2.36. The third-order valence-corrected chi connectivity index (χ3v) is 6.31. The summed E-state index contributed by atoms with van der Waals surface area (Å²) in [4.78, 5) is 21.0. The highest BCUT2D eigenvalue weighted by Gasteiger charge is 2.25. The molecule has 1 fully saturated rings. The van der Waals surface area contributed by atoms with Crippen molar-refractivity contribution in [2.24, 2.45) is 0 Å². The summed E-state index contributed by atoms with van der Waals surface area (Å²) in [6, 6.07) is 19.6. The molecule has 2 heterocycles. The molecule has 0 radical (unpaired) electrons. The molecule has 1 saturated heterocycles. The molecule has 1 aliphatic heterocycles. The third kappa shape index (κ3) is 6.55. The molecule has 2 aromatic carbocycles. The van der Waals surface area contributed by atoms with Crippen LogP contribution in [0.25, 0.3) is 0 Å². The van der Waals surface area contributed by atoms with Gasteiger partial charge in [0.25, 0.3) is 5.91 Å². The van der Waals surface area contributed by atoms with Crippen molar-refractivity contribution in [3.63, 3.8) is 0 Å². The number of halogens is 2. The summed E-state index contributed by atoms with van der Waals surface area (Å²) in [6.07, 6.45) is 1.44. The van der Waals surface area contributed by atoms with Crippen LogP contribution in [0.2, 0.25) is 10.2 Å². The van der Waals surface area contributed by atoms with E-state index in [0.29, 0.717) is 35.4 Å². The van der Waals surface area contributed by atoms with Gasteiger partial charge < -0.3 is 9.64 Å². The van der Waals surface area contributed by atoms with E-state index in [2.05, 4.69) is 41.1 Å². The van der Waals surface area contributed by atoms with Gasteiger partial charge in [-0.05, 0) is 42.3 Å². The van der Waals surface area contributed by atoms with Gasteiger partial charge in [0, 0.05) is 43.9 Å². The lowest BCUT2D eigenvalue weighted by Crippen LogP contribution is -2.49. The topological polar surface area (TPSA) is 45.7 Å². The van der Waals surface area contributed by atoms with Crippen LogP contribution < -0.4 is 0 Å². The number of pyridine rings is 1. The second-order valence-corrected chi connectivity index (χ2v) is 9.13. The molecule has 0 bridgehead atoms. The van der Waals surface area contributed by atoms with Gasteiger partial charge in [0.05, 0.1) is 18.3 Å². The number of benzene rings is 2. The second kappa shape index (κ2) is 11.1. The van der Waals surface area contributed by atoms with Crippen molar-refractivity contribution in [1.82, 2.24) is 14.8 Å². The van der Waals surface area contributed by atoms with Crippen LogP contribution in [-0.2, 0) is 11.3 Å². The molecule has 5 nitrogen and oxygen atoms in total. The van der Waals surface area contributed by atoms with Crippen molar-refractivity contribution in [2.45, 2.75) is 19.6 Å². The molecule has 4 rings (SSSR count). The number of aromatic nitrogens is 1. The van der Waals surface area contributed by atoms with Gasteiger partial charge in [-0.25, -0.2) is 4.98 Å². The van der Waals surface area contributed by atoms with E-state index in [-0.39, 0.29) is 12.0 Å². The molecule has 3 aromatic rings. The standard InChI is InChI=1S/C26H27Cl2N3O2/c1-19-3-2-4-20(15-19)18-33-24(21-5-8-23(27)9-6-21)17-30-11-13-31(14-12-30)26(32)22-7-10-25(28)29-16-22/h2-10,15-16,24H,11-14,17-18H2,1H3/t24-/m0/s1. The molecule has 172 valence electrons. The van der Waals surface area contributed by atoms with Crippen LogP contribution in [0, 0.1) is 6.92 Å². The van der Waals surface area contributed by atoms with Gasteiger partial charge in [-0.1, -0.05) is 65.2 Å². The fourth-order valence-corrected chi connectivity index (χ4v) is 4.22. The van der Waals surface area contributed by atoms with E-state index in [4.69, 9.17) is 27.9 Å². The van der Waals surface area contributed by atoms with Gasteiger partial charge in [-0.2, -0.15) is 0 Å². The molecular weight excluding hydrogens is 457 g/mol. The molecule has 1 aromatic heterocycles. The van der Waals surface area contributed by atoms with Crippen molar-refractivity contribution in [2.75, 3.05) is 32.7 Å². The summed E-state index contributed by atoms with van der Waals surface area (Å²) in [7, 11) is 0. The van der Waals surface area contributed by atoms with Gasteiger partial charge in [0.2, 0.25) is 0 Å².